The molecule has 1 N–H and O–H groups in total. The summed E-state index contributed by atoms with van der Waals surface area (Å²) in [4.78, 5) is 0. The largest absolute Gasteiger partial charge is 0.384 e. The van der Waals surface area contributed by atoms with E-state index < -0.39 is 5.92 Å². The molecule has 1 aliphatic rings. The van der Waals surface area contributed by atoms with Gasteiger partial charge in [0.1, 0.15) is 0 Å². The Morgan fingerprint density at radius 1 is 1.40 bits per heavy atom. The Labute approximate surface area is 92.5 Å². The summed E-state index contributed by atoms with van der Waals surface area (Å²) in [6, 6.07) is 2.02. The fourth-order valence-corrected chi connectivity index (χ4v) is 2.54. The van der Waals surface area contributed by atoms with E-state index in [1.54, 1.807) is 11.3 Å². The average molecular weight is 231 g/mol. The van der Waals surface area contributed by atoms with Gasteiger partial charge in [-0.2, -0.15) is 11.3 Å². The number of rotatable bonds is 3. The second kappa shape index (κ2) is 4.47. The third-order valence-electron chi connectivity index (χ3n) is 2.95. The molecule has 0 saturated heterocycles. The molecule has 1 aromatic heterocycles. The molecule has 0 unspecified atom stereocenters. The van der Waals surface area contributed by atoms with Gasteiger partial charge in [-0.1, -0.05) is 0 Å². The summed E-state index contributed by atoms with van der Waals surface area (Å²) in [5.74, 6) is -2.00. The maximum Gasteiger partial charge on any atom is 0.248 e. The molecule has 1 saturated carbocycles. The van der Waals surface area contributed by atoms with Gasteiger partial charge >= 0.3 is 0 Å². The minimum Gasteiger partial charge on any atom is -0.384 e. The third kappa shape index (κ3) is 3.16. The molecule has 0 bridgehead atoms. The monoisotopic (exact) mass is 231 g/mol. The molecule has 0 aliphatic heterocycles. The Morgan fingerprint density at radius 2 is 2.13 bits per heavy atom. The predicted molar refractivity (Wildman–Crippen MR) is 59.7 cm³/mol. The van der Waals surface area contributed by atoms with E-state index in [0.29, 0.717) is 18.8 Å². The molecule has 0 radical (unpaired) electrons. The van der Waals surface area contributed by atoms with Crippen LogP contribution in [-0.4, -0.2) is 12.5 Å². The number of hydrogen-bond donors (Lipinski definition) is 1. The number of hydrogen-bond acceptors (Lipinski definition) is 2. The highest BCUT2D eigenvalue weighted by Gasteiger charge is 2.34. The maximum atomic E-state index is 12.9. The Bertz CT molecular complexity index is 288. The van der Waals surface area contributed by atoms with Crippen molar-refractivity contribution in [1.29, 1.82) is 0 Å². The van der Waals surface area contributed by atoms with Gasteiger partial charge in [0.25, 0.3) is 0 Å². The van der Waals surface area contributed by atoms with E-state index in [2.05, 4.69) is 5.32 Å². The van der Waals surface area contributed by atoms with Crippen LogP contribution in [-0.2, 0) is 0 Å². The zero-order valence-electron chi connectivity index (χ0n) is 8.51. The molecule has 15 heavy (non-hydrogen) atoms. The molecule has 1 heterocycles. The van der Waals surface area contributed by atoms with Crippen molar-refractivity contribution in [2.45, 2.75) is 31.6 Å². The second-order valence-electron chi connectivity index (χ2n) is 4.19. The van der Waals surface area contributed by atoms with E-state index in [9.17, 15) is 8.78 Å². The lowest BCUT2D eigenvalue weighted by atomic mass is 9.87. The van der Waals surface area contributed by atoms with Crippen molar-refractivity contribution in [1.82, 2.24) is 0 Å². The Balaban J connectivity index is 1.73. The topological polar surface area (TPSA) is 12.0 Å². The lowest BCUT2D eigenvalue weighted by molar-refractivity contribution is -0.0443. The van der Waals surface area contributed by atoms with E-state index >= 15 is 0 Å². The number of thiophene rings is 1. The highest BCUT2D eigenvalue weighted by Crippen LogP contribution is 2.36. The summed E-state index contributed by atoms with van der Waals surface area (Å²) in [6.45, 7) is 0.826. The van der Waals surface area contributed by atoms with Crippen LogP contribution < -0.4 is 5.32 Å². The summed E-state index contributed by atoms with van der Waals surface area (Å²) in [6.07, 6.45) is 1.40. The van der Waals surface area contributed by atoms with E-state index in [4.69, 9.17) is 0 Å². The van der Waals surface area contributed by atoms with E-state index in [-0.39, 0.29) is 12.8 Å². The molecule has 1 aromatic rings. The average Bonchev–Trinajstić information content (AvgIpc) is 2.69. The highest BCUT2D eigenvalue weighted by molar-refractivity contribution is 7.08. The molecule has 4 heteroatoms. The first-order valence-electron chi connectivity index (χ1n) is 5.30. The predicted octanol–water partition coefficient (Wildman–Crippen LogP) is 3.99. The van der Waals surface area contributed by atoms with Gasteiger partial charge in [0, 0.05) is 30.5 Å². The number of nitrogens with one attached hydrogen (secondary N) is 1. The molecule has 0 spiro atoms. The molecule has 0 atom stereocenters. The van der Waals surface area contributed by atoms with Crippen LogP contribution in [0.25, 0.3) is 0 Å². The Hall–Kier alpha value is -0.640. The third-order valence-corrected chi connectivity index (χ3v) is 3.64. The zero-order valence-corrected chi connectivity index (χ0v) is 9.33. The molecule has 1 nitrogen and oxygen atoms in total. The summed E-state index contributed by atoms with van der Waals surface area (Å²) < 4.78 is 25.7. The van der Waals surface area contributed by atoms with Crippen LogP contribution in [0.4, 0.5) is 14.5 Å². The van der Waals surface area contributed by atoms with Crippen molar-refractivity contribution in [2.24, 2.45) is 5.92 Å². The summed E-state index contributed by atoms with van der Waals surface area (Å²) in [7, 11) is 0. The summed E-state index contributed by atoms with van der Waals surface area (Å²) in [5, 5.41) is 7.34. The molecular formula is C11H15F2NS. The first-order chi connectivity index (χ1) is 7.16. The summed E-state index contributed by atoms with van der Waals surface area (Å²) >= 11 is 1.64. The quantitative estimate of drug-likeness (QED) is 0.829. The first kappa shape index (κ1) is 10.9. The van der Waals surface area contributed by atoms with Crippen LogP contribution in [0.3, 0.4) is 0 Å². The minimum atomic E-state index is -2.40. The molecule has 1 fully saturated rings. The van der Waals surface area contributed by atoms with Gasteiger partial charge in [-0.15, -0.1) is 0 Å². The van der Waals surface area contributed by atoms with Gasteiger partial charge in [0.15, 0.2) is 0 Å². The second-order valence-corrected chi connectivity index (χ2v) is 4.97. The lowest BCUT2D eigenvalue weighted by Gasteiger charge is -2.28. The van der Waals surface area contributed by atoms with E-state index in [1.807, 2.05) is 16.8 Å². The molecule has 1 aliphatic carbocycles. The normalized spacial score (nSPS) is 21.5. The van der Waals surface area contributed by atoms with Crippen molar-refractivity contribution < 1.29 is 8.78 Å². The first-order valence-corrected chi connectivity index (χ1v) is 6.24. The number of anilines is 1. The number of halogens is 2. The lowest BCUT2D eigenvalue weighted by Crippen LogP contribution is -2.27. The van der Waals surface area contributed by atoms with Gasteiger partial charge in [-0.3, -0.25) is 0 Å². The van der Waals surface area contributed by atoms with E-state index in [1.165, 1.54) is 0 Å². The van der Waals surface area contributed by atoms with Crippen LogP contribution in [0, 0.1) is 5.92 Å². The highest BCUT2D eigenvalue weighted by atomic mass is 32.1. The van der Waals surface area contributed by atoms with Crippen molar-refractivity contribution >= 4 is 17.0 Å². The van der Waals surface area contributed by atoms with Crippen molar-refractivity contribution in [3.05, 3.63) is 16.8 Å². The minimum absolute atomic E-state index is 0.0585. The van der Waals surface area contributed by atoms with Gasteiger partial charge in [-0.05, 0) is 30.2 Å². The molecular weight excluding hydrogens is 216 g/mol. The Kier molecular flexibility index (Phi) is 3.24. The number of alkyl halides is 2. The van der Waals surface area contributed by atoms with Crippen LogP contribution in [0.1, 0.15) is 25.7 Å². The zero-order chi connectivity index (χ0) is 10.7. The fourth-order valence-electron chi connectivity index (χ4n) is 1.93. The summed E-state index contributed by atoms with van der Waals surface area (Å²) in [5.41, 5.74) is 1.11. The van der Waals surface area contributed by atoms with Gasteiger partial charge in [0.2, 0.25) is 5.92 Å². The molecule has 84 valence electrons. The molecule has 2 rings (SSSR count). The van der Waals surface area contributed by atoms with Crippen molar-refractivity contribution in [3.63, 3.8) is 0 Å². The van der Waals surface area contributed by atoms with Gasteiger partial charge in [-0.25, -0.2) is 8.78 Å². The van der Waals surface area contributed by atoms with Gasteiger partial charge in [0.05, 0.1) is 0 Å². The van der Waals surface area contributed by atoms with Crippen LogP contribution in [0.15, 0.2) is 16.8 Å². The van der Waals surface area contributed by atoms with Crippen molar-refractivity contribution in [3.8, 4) is 0 Å². The molecule has 0 aromatic carbocycles. The maximum absolute atomic E-state index is 12.9. The van der Waals surface area contributed by atoms with Crippen LogP contribution in [0.5, 0.6) is 0 Å². The van der Waals surface area contributed by atoms with Crippen molar-refractivity contribution in [2.75, 3.05) is 11.9 Å². The van der Waals surface area contributed by atoms with Crippen LogP contribution in [0.2, 0.25) is 0 Å². The van der Waals surface area contributed by atoms with Crippen LogP contribution >= 0.6 is 11.3 Å². The standard InChI is InChI=1S/C11H15F2NS/c12-11(13)4-1-9(2-5-11)7-14-10-3-6-15-8-10/h3,6,8-9,14H,1-2,4-5,7H2. The van der Waals surface area contributed by atoms with Gasteiger partial charge < -0.3 is 5.32 Å². The molecule has 0 amide bonds. The smallest absolute Gasteiger partial charge is 0.248 e. The van der Waals surface area contributed by atoms with E-state index in [0.717, 1.165) is 12.2 Å². The SMILES string of the molecule is FC1(F)CCC(CNc2ccsc2)CC1. The fraction of sp³-hybridized carbons (Fsp3) is 0.636. The Morgan fingerprint density at radius 3 is 2.73 bits per heavy atom.